The fraction of sp³-hybridized carbons (Fsp3) is 0.783. The molecule has 75 heavy (non-hydrogen) atoms. The number of esters is 3. The Bertz CT molecular complexity index is 1390. The highest BCUT2D eigenvalue weighted by Gasteiger charge is 2.19. The first-order chi connectivity index (χ1) is 37.0. The zero-order valence-corrected chi connectivity index (χ0v) is 49.8. The van der Waals surface area contributed by atoms with Crippen LogP contribution in [-0.2, 0) is 28.6 Å². The minimum absolute atomic E-state index is 0.0802. The predicted octanol–water partition coefficient (Wildman–Crippen LogP) is 22.1. The van der Waals surface area contributed by atoms with E-state index in [2.05, 4.69) is 93.7 Å². The summed E-state index contributed by atoms with van der Waals surface area (Å²) in [4.78, 5) is 38.3. The minimum atomic E-state index is -0.783. The monoisotopic (exact) mass is 1050 g/mol. The summed E-state index contributed by atoms with van der Waals surface area (Å²) < 4.78 is 16.9. The summed E-state index contributed by atoms with van der Waals surface area (Å²) in [7, 11) is 0. The third kappa shape index (κ3) is 61.6. The van der Waals surface area contributed by atoms with Gasteiger partial charge in [-0.3, -0.25) is 14.4 Å². The molecule has 0 aromatic rings. The van der Waals surface area contributed by atoms with Gasteiger partial charge >= 0.3 is 17.9 Å². The van der Waals surface area contributed by atoms with Crippen molar-refractivity contribution in [3.63, 3.8) is 0 Å². The molecule has 0 amide bonds. The third-order valence-corrected chi connectivity index (χ3v) is 14.2. The van der Waals surface area contributed by atoms with E-state index in [-0.39, 0.29) is 31.1 Å². The van der Waals surface area contributed by atoms with Gasteiger partial charge in [0.15, 0.2) is 6.10 Å². The smallest absolute Gasteiger partial charge is 0.306 e. The van der Waals surface area contributed by atoms with Crippen molar-refractivity contribution in [1.29, 1.82) is 0 Å². The Morgan fingerprint density at radius 1 is 0.280 bits per heavy atom. The summed E-state index contributed by atoms with van der Waals surface area (Å²) in [5.41, 5.74) is 0. The van der Waals surface area contributed by atoms with Crippen LogP contribution in [0.1, 0.15) is 329 Å². The zero-order valence-electron chi connectivity index (χ0n) is 49.8. The molecule has 0 fully saturated rings. The van der Waals surface area contributed by atoms with Gasteiger partial charge in [-0.2, -0.15) is 0 Å². The Morgan fingerprint density at radius 2 is 0.520 bits per heavy atom. The number of hydrogen-bond donors (Lipinski definition) is 0. The van der Waals surface area contributed by atoms with Crippen molar-refractivity contribution >= 4 is 17.9 Å². The van der Waals surface area contributed by atoms with Crippen LogP contribution in [0.3, 0.4) is 0 Å². The molecule has 6 nitrogen and oxygen atoms in total. The Labute approximate surface area is 465 Å². The largest absolute Gasteiger partial charge is 0.462 e. The summed E-state index contributed by atoms with van der Waals surface area (Å²) in [6.07, 6.45) is 81.9. The maximum Gasteiger partial charge on any atom is 0.306 e. The first-order valence-electron chi connectivity index (χ1n) is 32.4. The van der Waals surface area contributed by atoms with Gasteiger partial charge < -0.3 is 14.2 Å². The molecule has 0 radical (unpaired) electrons. The normalized spacial score (nSPS) is 12.5. The second-order valence-corrected chi connectivity index (χ2v) is 21.6. The van der Waals surface area contributed by atoms with E-state index in [1.165, 1.54) is 186 Å². The van der Waals surface area contributed by atoms with Crippen LogP contribution in [-0.4, -0.2) is 37.2 Å². The lowest BCUT2D eigenvalue weighted by molar-refractivity contribution is -0.167. The molecule has 1 unspecified atom stereocenters. The van der Waals surface area contributed by atoms with Crippen molar-refractivity contribution in [1.82, 2.24) is 0 Å². The molecule has 0 spiro atoms. The molecule has 0 bridgehead atoms. The lowest BCUT2D eigenvalue weighted by Gasteiger charge is -2.18. The minimum Gasteiger partial charge on any atom is -0.462 e. The average molecular weight is 1050 g/mol. The highest BCUT2D eigenvalue weighted by Crippen LogP contribution is 2.17. The molecular weight excluding hydrogens is 925 g/mol. The maximum atomic E-state index is 12.9. The third-order valence-electron chi connectivity index (χ3n) is 14.2. The van der Waals surface area contributed by atoms with Crippen LogP contribution in [0, 0.1) is 0 Å². The van der Waals surface area contributed by atoms with E-state index in [1.807, 2.05) is 0 Å². The van der Waals surface area contributed by atoms with Gasteiger partial charge in [0.05, 0.1) is 0 Å². The highest BCUT2D eigenvalue weighted by atomic mass is 16.6. The van der Waals surface area contributed by atoms with E-state index >= 15 is 0 Å². The van der Waals surface area contributed by atoms with Crippen molar-refractivity contribution < 1.29 is 28.6 Å². The molecule has 0 heterocycles. The highest BCUT2D eigenvalue weighted by molar-refractivity contribution is 5.71. The van der Waals surface area contributed by atoms with E-state index in [4.69, 9.17) is 14.2 Å². The summed E-state index contributed by atoms with van der Waals surface area (Å²) in [5.74, 6) is -0.881. The second kappa shape index (κ2) is 63.4. The van der Waals surface area contributed by atoms with Gasteiger partial charge in [-0.1, -0.05) is 293 Å². The number of ether oxygens (including phenoxy) is 3. The molecule has 0 N–H and O–H groups in total. The van der Waals surface area contributed by atoms with E-state index in [9.17, 15) is 14.4 Å². The standard InChI is InChI=1S/C69H122O6/c1-4-7-10-13-16-19-22-25-28-30-32-33-34-35-37-38-41-44-47-50-53-56-59-62-68(71)74-65-66(64-73-67(70)61-58-55-52-49-46-43-40-27-24-21-18-15-12-9-6-3)75-69(72)63-60-57-54-51-48-45-42-39-36-31-29-26-23-20-17-14-11-8-5-2/h7,10,16,19,25,27-28,32-33,35,37,40,66H,4-6,8-9,11-15,17-18,20-24,26,29-31,34,36,38-39,41-65H2,1-3H3/b10-7-,19-16-,28-25-,33-32-,37-35-,40-27-. The Balaban J connectivity index is 4.36. The molecule has 1 atom stereocenters. The van der Waals surface area contributed by atoms with Crippen molar-refractivity contribution in [3.8, 4) is 0 Å². The van der Waals surface area contributed by atoms with Crippen molar-refractivity contribution in [3.05, 3.63) is 72.9 Å². The lowest BCUT2D eigenvalue weighted by atomic mass is 10.0. The first kappa shape index (κ1) is 71.8. The number of hydrogen-bond acceptors (Lipinski definition) is 6. The molecule has 0 aromatic carbocycles. The van der Waals surface area contributed by atoms with Gasteiger partial charge in [0.1, 0.15) is 13.2 Å². The molecule has 0 aliphatic carbocycles. The quantitative estimate of drug-likeness (QED) is 0.0261. The average Bonchev–Trinajstić information content (AvgIpc) is 3.41. The molecule has 0 saturated heterocycles. The lowest BCUT2D eigenvalue weighted by Crippen LogP contribution is -2.30. The molecule has 0 aromatic heterocycles. The maximum absolute atomic E-state index is 12.9. The van der Waals surface area contributed by atoms with Crippen LogP contribution in [0.25, 0.3) is 0 Å². The summed E-state index contributed by atoms with van der Waals surface area (Å²) in [6.45, 7) is 6.55. The van der Waals surface area contributed by atoms with E-state index < -0.39 is 6.10 Å². The van der Waals surface area contributed by atoms with Crippen LogP contribution < -0.4 is 0 Å². The van der Waals surface area contributed by atoms with Crippen LogP contribution in [0.15, 0.2) is 72.9 Å². The van der Waals surface area contributed by atoms with Gasteiger partial charge in [0.25, 0.3) is 0 Å². The van der Waals surface area contributed by atoms with E-state index in [0.29, 0.717) is 19.3 Å². The van der Waals surface area contributed by atoms with E-state index in [0.717, 1.165) is 103 Å². The Hall–Kier alpha value is -3.15. The van der Waals surface area contributed by atoms with Gasteiger partial charge in [-0.25, -0.2) is 0 Å². The molecular formula is C69H122O6. The molecule has 0 rings (SSSR count). The van der Waals surface area contributed by atoms with Crippen molar-refractivity contribution in [2.45, 2.75) is 335 Å². The SMILES string of the molecule is CC/C=C\C/C=C\C/C=C\C/C=C\C/C=C\CCCCCCCCCC(=O)OCC(COC(=O)CCCCCCC/C=C\CCCCCCCC)OC(=O)CCCCCCCCCCCCCCCCCCCCC. The molecule has 0 saturated carbocycles. The number of carbonyl (C=O) groups excluding carboxylic acids is 3. The van der Waals surface area contributed by atoms with Crippen molar-refractivity contribution in [2.75, 3.05) is 13.2 Å². The molecule has 434 valence electrons. The zero-order chi connectivity index (χ0) is 54.3. The summed E-state index contributed by atoms with van der Waals surface area (Å²) in [5, 5.41) is 0. The number of allylic oxidation sites excluding steroid dienone is 12. The fourth-order valence-corrected chi connectivity index (χ4v) is 9.35. The Morgan fingerprint density at radius 3 is 0.827 bits per heavy atom. The summed E-state index contributed by atoms with van der Waals surface area (Å²) >= 11 is 0. The van der Waals surface area contributed by atoms with Gasteiger partial charge in [-0.15, -0.1) is 0 Å². The van der Waals surface area contributed by atoms with E-state index in [1.54, 1.807) is 0 Å². The molecule has 6 heteroatoms. The predicted molar refractivity (Wildman–Crippen MR) is 325 cm³/mol. The van der Waals surface area contributed by atoms with Gasteiger partial charge in [0, 0.05) is 19.3 Å². The van der Waals surface area contributed by atoms with Gasteiger partial charge in [-0.05, 0) is 89.9 Å². The second-order valence-electron chi connectivity index (χ2n) is 21.6. The molecule has 0 aliphatic rings. The fourth-order valence-electron chi connectivity index (χ4n) is 9.35. The number of rotatable bonds is 59. The van der Waals surface area contributed by atoms with Crippen molar-refractivity contribution in [2.24, 2.45) is 0 Å². The van der Waals surface area contributed by atoms with Crippen LogP contribution in [0.4, 0.5) is 0 Å². The van der Waals surface area contributed by atoms with Crippen LogP contribution >= 0.6 is 0 Å². The first-order valence-corrected chi connectivity index (χ1v) is 32.4. The number of carbonyl (C=O) groups is 3. The summed E-state index contributed by atoms with van der Waals surface area (Å²) in [6, 6.07) is 0. The topological polar surface area (TPSA) is 78.9 Å². The number of unbranched alkanes of at least 4 members (excludes halogenated alkanes) is 36. The Kier molecular flexibility index (Phi) is 60.7. The van der Waals surface area contributed by atoms with Crippen LogP contribution in [0.5, 0.6) is 0 Å². The molecule has 0 aliphatic heterocycles. The van der Waals surface area contributed by atoms with Gasteiger partial charge in [0.2, 0.25) is 0 Å². The van der Waals surface area contributed by atoms with Crippen LogP contribution in [0.2, 0.25) is 0 Å².